The monoisotopic (exact) mass is 460 g/mol. The van der Waals surface area contributed by atoms with Gasteiger partial charge in [0.2, 0.25) is 0 Å². The van der Waals surface area contributed by atoms with Crippen molar-refractivity contribution in [1.29, 1.82) is 0 Å². The SMILES string of the molecule is CCCC([NH-])=O.C[SiH]C.[C-]1=CC=CC1.[Cl-].[Cl-].[Hf+4]. The van der Waals surface area contributed by atoms with Crippen LogP contribution in [0.25, 0.3) is 5.73 Å². The summed E-state index contributed by atoms with van der Waals surface area (Å²) in [5.41, 5.74) is 6.34. The summed E-state index contributed by atoms with van der Waals surface area (Å²) in [6.07, 6.45) is 11.2. The molecule has 1 rings (SSSR count). The maximum atomic E-state index is 9.71. The minimum atomic E-state index is -0.461. The summed E-state index contributed by atoms with van der Waals surface area (Å²) in [5.74, 6) is -0.461. The summed E-state index contributed by atoms with van der Waals surface area (Å²) in [5, 5.41) is 0. The number of hydrogen-bond donors (Lipinski definition) is 0. The number of hydrogen-bond acceptors (Lipinski definition) is 1. The molecule has 0 unspecified atom stereocenters. The van der Waals surface area contributed by atoms with Crippen LogP contribution in [0.15, 0.2) is 18.2 Å². The van der Waals surface area contributed by atoms with E-state index in [9.17, 15) is 4.79 Å². The normalized spacial score (nSPS) is 9.12. The fourth-order valence-corrected chi connectivity index (χ4v) is 0.567. The van der Waals surface area contributed by atoms with Gasteiger partial charge in [0.25, 0.3) is 0 Å². The maximum Gasteiger partial charge on any atom is 4.00 e. The largest absolute Gasteiger partial charge is 4.00 e. The summed E-state index contributed by atoms with van der Waals surface area (Å²) in [6, 6.07) is 0. The van der Waals surface area contributed by atoms with Crippen LogP contribution >= 0.6 is 0 Å². The van der Waals surface area contributed by atoms with Crippen LogP contribution < -0.4 is 24.8 Å². The van der Waals surface area contributed by atoms with E-state index < -0.39 is 5.91 Å². The molecule has 1 aliphatic carbocycles. The molecule has 0 aliphatic heterocycles. The molecule has 0 spiro atoms. The second-order valence-electron chi connectivity index (χ2n) is 2.75. The Bertz CT molecular complexity index is 180. The number of halogens is 2. The van der Waals surface area contributed by atoms with Crippen molar-refractivity contribution < 1.29 is 55.5 Å². The Morgan fingerprint density at radius 1 is 1.41 bits per heavy atom. The zero-order valence-corrected chi connectivity index (χ0v) is 16.9. The average Bonchev–Trinajstić information content (AvgIpc) is 2.61. The van der Waals surface area contributed by atoms with Crippen molar-refractivity contribution in [3.8, 4) is 0 Å². The van der Waals surface area contributed by atoms with Gasteiger partial charge in [0.05, 0.1) is 0 Å². The molecule has 0 aromatic rings. The van der Waals surface area contributed by atoms with Gasteiger partial charge < -0.3 is 35.3 Å². The van der Waals surface area contributed by atoms with Gasteiger partial charge in [-0.2, -0.15) is 6.08 Å². The molecule has 0 aromatic carbocycles. The summed E-state index contributed by atoms with van der Waals surface area (Å²) < 4.78 is 0. The van der Waals surface area contributed by atoms with Crippen molar-refractivity contribution in [2.24, 2.45) is 0 Å². The number of nitrogens with one attached hydrogen (secondary N) is 1. The second kappa shape index (κ2) is 30.0. The van der Waals surface area contributed by atoms with Crippen LogP contribution in [0, 0.1) is 6.08 Å². The molecule has 1 aliphatic rings. The van der Waals surface area contributed by atoms with E-state index in [1.54, 1.807) is 0 Å². The smallest absolute Gasteiger partial charge is 1.00 e. The fourth-order valence-electron chi connectivity index (χ4n) is 0.567. The molecule has 1 radical (unpaired) electrons. The van der Waals surface area contributed by atoms with E-state index in [1.807, 2.05) is 19.1 Å². The molecule has 1 N–H and O–H groups in total. The zero-order valence-electron chi connectivity index (χ0n) is 10.6. The summed E-state index contributed by atoms with van der Waals surface area (Å²) >= 11 is 0. The minimum Gasteiger partial charge on any atom is -1.00 e. The Balaban J connectivity index is -0.0000000406. The van der Waals surface area contributed by atoms with Crippen LogP contribution in [-0.4, -0.2) is 15.4 Å². The molecule has 97 valence electrons. The Kier molecular flexibility index (Phi) is 54.0. The van der Waals surface area contributed by atoms with Gasteiger partial charge in [0.1, 0.15) is 0 Å². The summed E-state index contributed by atoms with van der Waals surface area (Å²) in [6.45, 7) is 6.30. The van der Waals surface area contributed by atoms with Crippen molar-refractivity contribution >= 4 is 15.4 Å². The van der Waals surface area contributed by atoms with Gasteiger partial charge in [-0.3, -0.25) is 6.08 Å². The average molecular weight is 460 g/mol. The Morgan fingerprint density at radius 3 is 1.94 bits per heavy atom. The molecule has 0 saturated carbocycles. The Labute approximate surface area is 139 Å². The van der Waals surface area contributed by atoms with E-state index in [0.29, 0.717) is 6.42 Å². The van der Waals surface area contributed by atoms with Crippen molar-refractivity contribution in [3.05, 3.63) is 30.0 Å². The quantitative estimate of drug-likeness (QED) is 0.325. The molecule has 0 saturated heterocycles. The van der Waals surface area contributed by atoms with Gasteiger partial charge in [-0.1, -0.05) is 26.4 Å². The van der Waals surface area contributed by atoms with Crippen LogP contribution in [0.5, 0.6) is 0 Å². The maximum absolute atomic E-state index is 9.71. The van der Waals surface area contributed by atoms with E-state index in [-0.39, 0.29) is 50.7 Å². The van der Waals surface area contributed by atoms with Crippen LogP contribution in [0.1, 0.15) is 26.2 Å². The Morgan fingerprint density at radius 2 is 1.88 bits per heavy atom. The molecule has 0 atom stereocenters. The van der Waals surface area contributed by atoms with E-state index in [2.05, 4.69) is 25.2 Å². The first-order chi connectivity index (χ1) is 6.68. The predicted octanol–water partition coefficient (Wildman–Crippen LogP) is -2.80. The van der Waals surface area contributed by atoms with Gasteiger partial charge in [0.15, 0.2) is 0 Å². The molecular weight excluding hydrogens is 440 g/mol. The molecule has 0 aromatic heterocycles. The van der Waals surface area contributed by atoms with E-state index in [0.717, 1.165) is 22.4 Å². The molecule has 17 heavy (non-hydrogen) atoms. The van der Waals surface area contributed by atoms with Crippen LogP contribution in [-0.2, 0) is 30.6 Å². The van der Waals surface area contributed by atoms with Gasteiger partial charge in [-0.15, -0.1) is 6.42 Å². The fraction of sp³-hybridized carbons (Fsp3) is 0.545. The van der Waals surface area contributed by atoms with E-state index in [1.165, 1.54) is 0 Å². The van der Waals surface area contributed by atoms with Gasteiger partial charge in [-0.25, -0.2) is 12.2 Å². The first-order valence-electron chi connectivity index (χ1n) is 4.89. The third-order valence-electron chi connectivity index (χ3n) is 1.06. The second-order valence-corrected chi connectivity index (χ2v) is 3.91. The number of carbonyl (C=O) groups excluding carboxylic acids is 1. The molecule has 0 fully saturated rings. The third-order valence-corrected chi connectivity index (χ3v) is 1.06. The topological polar surface area (TPSA) is 40.9 Å². The molecular formula is C11H20Cl2HfNOSi. The van der Waals surface area contributed by atoms with Crippen molar-refractivity contribution in [1.82, 2.24) is 0 Å². The number of carbonyl (C=O) groups is 1. The number of allylic oxidation sites excluding steroid dienone is 4. The first kappa shape index (κ1) is 30.6. The first-order valence-corrected chi connectivity index (χ1v) is 7.20. The molecule has 6 heteroatoms. The van der Waals surface area contributed by atoms with Crippen molar-refractivity contribution in [2.75, 3.05) is 0 Å². The molecule has 2 nitrogen and oxygen atoms in total. The standard InChI is InChI=1S/C5H5.C4H9NO.C2H7Si.2ClH.Hf/c1-2-4-5-3-1;1-2-3-4(5)6;1-3-2;;;/h1-3H,4H2;2-3H2,1H3,(H2,5,6);3H,1-2H3;2*1H;/q-1;;;;;+4/p-3. The molecule has 1 amide bonds. The Hall–Kier alpha value is 0.617. The predicted molar refractivity (Wildman–Crippen MR) is 64.7 cm³/mol. The van der Waals surface area contributed by atoms with Crippen LogP contribution in [0.2, 0.25) is 13.1 Å². The minimum absolute atomic E-state index is 0. The third kappa shape index (κ3) is 47.8. The van der Waals surface area contributed by atoms with E-state index in [4.69, 9.17) is 5.73 Å². The van der Waals surface area contributed by atoms with Gasteiger partial charge in [-0.05, 0) is 6.42 Å². The van der Waals surface area contributed by atoms with E-state index >= 15 is 0 Å². The van der Waals surface area contributed by atoms with Crippen molar-refractivity contribution in [3.63, 3.8) is 0 Å². The molecule has 0 bridgehead atoms. The number of amides is 1. The van der Waals surface area contributed by atoms with Crippen molar-refractivity contribution in [2.45, 2.75) is 39.3 Å². The van der Waals surface area contributed by atoms with Gasteiger partial charge >= 0.3 is 25.8 Å². The van der Waals surface area contributed by atoms with Crippen LogP contribution in [0.4, 0.5) is 0 Å². The summed E-state index contributed by atoms with van der Waals surface area (Å²) in [4.78, 5) is 9.71. The summed E-state index contributed by atoms with van der Waals surface area (Å²) in [7, 11) is 0.750. The van der Waals surface area contributed by atoms with Crippen LogP contribution in [0.3, 0.4) is 0 Å². The molecule has 0 heterocycles. The number of rotatable bonds is 2. The zero-order chi connectivity index (χ0) is 11.2. The van der Waals surface area contributed by atoms with Gasteiger partial charge in [0, 0.05) is 15.4 Å².